The van der Waals surface area contributed by atoms with Crippen molar-refractivity contribution in [3.8, 4) is 11.5 Å². The van der Waals surface area contributed by atoms with Crippen LogP contribution < -0.4 is 19.7 Å². The summed E-state index contributed by atoms with van der Waals surface area (Å²) in [6.45, 7) is 3.78. The van der Waals surface area contributed by atoms with Crippen LogP contribution in [0.15, 0.2) is 30.6 Å². The summed E-state index contributed by atoms with van der Waals surface area (Å²) in [5.41, 5.74) is 0.795. The van der Waals surface area contributed by atoms with Crippen LogP contribution in [0.1, 0.15) is 10.5 Å². The molecule has 3 rings (SSSR count). The molecule has 0 aliphatic carbocycles. The van der Waals surface area contributed by atoms with Gasteiger partial charge in [-0.25, -0.2) is 9.97 Å². The highest BCUT2D eigenvalue weighted by atomic mass is 16.5. The Balaban J connectivity index is 1.69. The van der Waals surface area contributed by atoms with Crippen LogP contribution in [-0.2, 0) is 0 Å². The zero-order chi connectivity index (χ0) is 18.5. The predicted molar refractivity (Wildman–Crippen MR) is 99.2 cm³/mol. The molecule has 1 aromatic carbocycles. The molecule has 1 aromatic heterocycles. The number of nitrogens with one attached hydrogen (secondary N) is 1. The van der Waals surface area contributed by atoms with Crippen molar-refractivity contribution in [1.29, 1.82) is 0 Å². The number of amides is 1. The number of methoxy groups -OCH3 is 2. The van der Waals surface area contributed by atoms with Crippen molar-refractivity contribution in [3.63, 3.8) is 0 Å². The number of piperazine rings is 1. The van der Waals surface area contributed by atoms with Crippen molar-refractivity contribution in [3.05, 3.63) is 36.3 Å². The lowest BCUT2D eigenvalue weighted by Crippen LogP contribution is -2.44. The van der Waals surface area contributed by atoms with Crippen LogP contribution in [0.5, 0.6) is 11.5 Å². The summed E-state index contributed by atoms with van der Waals surface area (Å²) >= 11 is 0. The van der Waals surface area contributed by atoms with Gasteiger partial charge in [0, 0.05) is 32.2 Å². The number of carbonyl (C=O) groups excluding carboxylic acids is 1. The van der Waals surface area contributed by atoms with Gasteiger partial charge in [-0.3, -0.25) is 4.79 Å². The van der Waals surface area contributed by atoms with Crippen molar-refractivity contribution in [2.24, 2.45) is 0 Å². The zero-order valence-corrected chi connectivity index (χ0v) is 15.2. The number of aromatic nitrogens is 2. The topological polar surface area (TPSA) is 79.8 Å². The Morgan fingerprint density at radius 3 is 2.46 bits per heavy atom. The smallest absolute Gasteiger partial charge is 0.275 e. The summed E-state index contributed by atoms with van der Waals surface area (Å²) < 4.78 is 10.4. The molecule has 0 radical (unpaired) electrons. The van der Waals surface area contributed by atoms with Crippen molar-refractivity contribution in [1.82, 2.24) is 14.9 Å². The third kappa shape index (κ3) is 4.02. The van der Waals surface area contributed by atoms with Crippen LogP contribution in [0.3, 0.4) is 0 Å². The molecule has 0 saturated carbocycles. The predicted octanol–water partition coefficient (Wildman–Crippen LogP) is 1.50. The van der Waals surface area contributed by atoms with Crippen molar-refractivity contribution >= 4 is 17.4 Å². The van der Waals surface area contributed by atoms with Crippen LogP contribution in [0.25, 0.3) is 0 Å². The number of hydrogen-bond acceptors (Lipinski definition) is 7. The van der Waals surface area contributed by atoms with E-state index in [2.05, 4.69) is 32.1 Å². The van der Waals surface area contributed by atoms with E-state index >= 15 is 0 Å². The van der Waals surface area contributed by atoms with Gasteiger partial charge in [0.25, 0.3) is 5.91 Å². The number of hydrogen-bond donors (Lipinski definition) is 1. The van der Waals surface area contributed by atoms with Crippen LogP contribution in [0.4, 0.5) is 11.5 Å². The molecule has 2 heterocycles. The first kappa shape index (κ1) is 17.9. The Morgan fingerprint density at radius 2 is 1.85 bits per heavy atom. The highest BCUT2D eigenvalue weighted by Gasteiger charge is 2.17. The van der Waals surface area contributed by atoms with Gasteiger partial charge in [-0.05, 0) is 19.2 Å². The SMILES string of the molecule is COc1ccc(NC(=O)c2cnc(N3CCN(C)CC3)cn2)c(OC)c1. The maximum absolute atomic E-state index is 12.4. The van der Waals surface area contributed by atoms with Gasteiger partial charge in [0.15, 0.2) is 0 Å². The summed E-state index contributed by atoms with van der Waals surface area (Å²) in [6.07, 6.45) is 3.14. The van der Waals surface area contributed by atoms with Gasteiger partial charge in [-0.1, -0.05) is 0 Å². The summed E-state index contributed by atoms with van der Waals surface area (Å²) in [5, 5.41) is 2.79. The standard InChI is InChI=1S/C18H23N5O3/c1-22-6-8-23(9-7-22)17-12-19-15(11-20-17)18(24)21-14-5-4-13(25-2)10-16(14)26-3/h4-5,10-12H,6-9H2,1-3H3,(H,21,24). The molecule has 1 amide bonds. The summed E-state index contributed by atoms with van der Waals surface area (Å²) in [7, 11) is 5.21. The van der Waals surface area contributed by atoms with Crippen LogP contribution >= 0.6 is 0 Å². The fourth-order valence-electron chi connectivity index (χ4n) is 2.73. The third-order valence-electron chi connectivity index (χ3n) is 4.36. The van der Waals surface area contributed by atoms with E-state index in [0.717, 1.165) is 32.0 Å². The monoisotopic (exact) mass is 357 g/mol. The molecule has 2 aromatic rings. The highest BCUT2D eigenvalue weighted by Crippen LogP contribution is 2.29. The van der Waals surface area contributed by atoms with Crippen molar-refractivity contribution < 1.29 is 14.3 Å². The minimum absolute atomic E-state index is 0.251. The van der Waals surface area contributed by atoms with Gasteiger partial charge in [-0.15, -0.1) is 0 Å². The quantitative estimate of drug-likeness (QED) is 0.868. The van der Waals surface area contributed by atoms with E-state index in [1.807, 2.05) is 0 Å². The Labute approximate surface area is 152 Å². The first-order chi connectivity index (χ1) is 12.6. The lowest BCUT2D eigenvalue weighted by atomic mass is 10.2. The fourth-order valence-corrected chi connectivity index (χ4v) is 2.73. The maximum atomic E-state index is 12.4. The molecule has 1 fully saturated rings. The van der Waals surface area contributed by atoms with E-state index in [0.29, 0.717) is 17.2 Å². The first-order valence-electron chi connectivity index (χ1n) is 8.39. The van der Waals surface area contributed by atoms with Crippen LogP contribution in [0, 0.1) is 0 Å². The number of nitrogens with zero attached hydrogens (tertiary/aromatic N) is 4. The van der Waals surface area contributed by atoms with E-state index in [-0.39, 0.29) is 11.6 Å². The molecule has 1 aliphatic rings. The number of likely N-dealkylation sites (N-methyl/N-ethyl adjacent to an activating group) is 1. The Kier molecular flexibility index (Phi) is 5.52. The molecule has 1 aliphatic heterocycles. The van der Waals surface area contributed by atoms with Crippen LogP contribution in [-0.4, -0.2) is 68.2 Å². The number of ether oxygens (including phenoxy) is 2. The van der Waals surface area contributed by atoms with Gasteiger partial charge in [-0.2, -0.15) is 0 Å². The number of benzene rings is 1. The molecule has 138 valence electrons. The number of rotatable bonds is 5. The average Bonchev–Trinajstić information content (AvgIpc) is 2.69. The van der Waals surface area contributed by atoms with Gasteiger partial charge in [0.2, 0.25) is 0 Å². The molecule has 0 unspecified atom stereocenters. The molecule has 1 N–H and O–H groups in total. The number of anilines is 2. The molecule has 8 heteroatoms. The van der Waals surface area contributed by atoms with Gasteiger partial charge < -0.3 is 24.6 Å². The van der Waals surface area contributed by atoms with E-state index in [9.17, 15) is 4.79 Å². The second kappa shape index (κ2) is 8.01. The van der Waals surface area contributed by atoms with E-state index in [4.69, 9.17) is 9.47 Å². The third-order valence-corrected chi connectivity index (χ3v) is 4.36. The molecule has 8 nitrogen and oxygen atoms in total. The second-order valence-electron chi connectivity index (χ2n) is 6.07. The van der Waals surface area contributed by atoms with E-state index in [1.54, 1.807) is 31.5 Å². The molecular formula is C18H23N5O3. The fraction of sp³-hybridized carbons (Fsp3) is 0.389. The second-order valence-corrected chi connectivity index (χ2v) is 6.07. The first-order valence-corrected chi connectivity index (χ1v) is 8.39. The lowest BCUT2D eigenvalue weighted by Gasteiger charge is -2.32. The molecule has 26 heavy (non-hydrogen) atoms. The Hall–Kier alpha value is -2.87. The molecule has 0 spiro atoms. The number of carbonyl (C=O) groups is 1. The summed E-state index contributed by atoms with van der Waals surface area (Å²) in [6, 6.07) is 5.18. The minimum Gasteiger partial charge on any atom is -0.497 e. The van der Waals surface area contributed by atoms with E-state index in [1.165, 1.54) is 13.3 Å². The van der Waals surface area contributed by atoms with Gasteiger partial charge in [0.1, 0.15) is 23.0 Å². The molecule has 0 bridgehead atoms. The molecular weight excluding hydrogens is 334 g/mol. The summed E-state index contributed by atoms with van der Waals surface area (Å²) in [5.74, 6) is 1.61. The largest absolute Gasteiger partial charge is 0.497 e. The minimum atomic E-state index is -0.342. The maximum Gasteiger partial charge on any atom is 0.275 e. The average molecular weight is 357 g/mol. The highest BCUT2D eigenvalue weighted by molar-refractivity contribution is 6.03. The zero-order valence-electron chi connectivity index (χ0n) is 15.2. The van der Waals surface area contributed by atoms with Gasteiger partial charge in [0.05, 0.1) is 32.3 Å². The molecule has 1 saturated heterocycles. The molecule has 0 atom stereocenters. The normalized spacial score (nSPS) is 14.8. The van der Waals surface area contributed by atoms with Gasteiger partial charge >= 0.3 is 0 Å². The van der Waals surface area contributed by atoms with Crippen LogP contribution in [0.2, 0.25) is 0 Å². The Morgan fingerprint density at radius 1 is 1.08 bits per heavy atom. The Bertz CT molecular complexity index is 758. The van der Waals surface area contributed by atoms with Crippen molar-refractivity contribution in [2.45, 2.75) is 0 Å². The summed E-state index contributed by atoms with van der Waals surface area (Å²) in [4.78, 5) is 25.5. The van der Waals surface area contributed by atoms with E-state index < -0.39 is 0 Å². The lowest BCUT2D eigenvalue weighted by molar-refractivity contribution is 0.102. The van der Waals surface area contributed by atoms with Crippen molar-refractivity contribution in [2.75, 3.05) is 57.7 Å².